The topological polar surface area (TPSA) is 86.5 Å². The van der Waals surface area contributed by atoms with Crippen LogP contribution in [0.15, 0.2) is 102 Å². The number of hydrogen-bond acceptors (Lipinski definition) is 5. The summed E-state index contributed by atoms with van der Waals surface area (Å²) in [4.78, 5) is 8.72. The molecule has 5 nitrogen and oxygen atoms in total. The van der Waals surface area contributed by atoms with E-state index < -0.39 is 0 Å². The maximum atomic E-state index is 9.57. The first kappa shape index (κ1) is 20.8. The van der Waals surface area contributed by atoms with Crippen molar-refractivity contribution in [2.45, 2.75) is 0 Å². The summed E-state index contributed by atoms with van der Waals surface area (Å²) >= 11 is 0. The number of benzene rings is 4. The third-order valence-corrected chi connectivity index (χ3v) is 6.83. The number of fused-ring (bicyclic) bond motifs is 5. The number of para-hydroxylation sites is 1. The molecule has 0 aliphatic rings. The molecule has 7 rings (SSSR count). The van der Waals surface area contributed by atoms with Crippen molar-refractivity contribution in [1.82, 2.24) is 9.97 Å². The lowest BCUT2D eigenvalue weighted by Crippen LogP contribution is -1.93. The van der Waals surface area contributed by atoms with Gasteiger partial charge in [-0.1, -0.05) is 42.5 Å². The number of furan rings is 1. The van der Waals surface area contributed by atoms with Crippen molar-refractivity contribution in [2.24, 2.45) is 0 Å². The summed E-state index contributed by atoms with van der Waals surface area (Å²) in [6.07, 6.45) is 6.74. The summed E-state index contributed by atoms with van der Waals surface area (Å²) in [6.45, 7) is 0. The minimum atomic E-state index is 0.495. The van der Waals surface area contributed by atoms with Crippen LogP contribution in [0.4, 0.5) is 0 Å². The number of nitrogens with zero attached hydrogens (tertiary/aromatic N) is 4. The van der Waals surface area contributed by atoms with Crippen LogP contribution < -0.4 is 0 Å². The van der Waals surface area contributed by atoms with Crippen LogP contribution >= 0.6 is 0 Å². The van der Waals surface area contributed by atoms with Gasteiger partial charge in [0.25, 0.3) is 0 Å². The molecule has 0 aliphatic carbocycles. The Morgan fingerprint density at radius 1 is 0.514 bits per heavy atom. The summed E-state index contributed by atoms with van der Waals surface area (Å²) in [7, 11) is 0. The molecule has 3 heterocycles. The monoisotopic (exact) mass is 472 g/mol. The molecule has 7 aromatic rings. The second-order valence-electron chi connectivity index (χ2n) is 8.94. The first-order valence-electron chi connectivity index (χ1n) is 11.8. The Labute approximate surface area is 211 Å². The zero-order valence-corrected chi connectivity index (χ0v) is 19.4. The molecular weight excluding hydrogens is 456 g/mol. The largest absolute Gasteiger partial charge is 0.456 e. The normalized spacial score (nSPS) is 11.2. The Morgan fingerprint density at radius 3 is 1.65 bits per heavy atom. The standard InChI is InChI=1S/C32H16N4O/c33-13-19-9-21(17-35-15-19)31-24-6-1-2-7-25(24)32(22-10-20(14-34)16-36-18-22)28-12-30-26(11-27(28)31)23-5-3-4-8-29(23)37-30/h1-12,15-18H. The van der Waals surface area contributed by atoms with Gasteiger partial charge in [0.1, 0.15) is 23.3 Å². The van der Waals surface area contributed by atoms with Crippen molar-refractivity contribution in [3.8, 4) is 34.4 Å². The second-order valence-corrected chi connectivity index (χ2v) is 8.94. The van der Waals surface area contributed by atoms with Crippen LogP contribution in [0, 0.1) is 22.7 Å². The van der Waals surface area contributed by atoms with Crippen LogP contribution in [0.1, 0.15) is 11.1 Å². The molecule has 37 heavy (non-hydrogen) atoms. The van der Waals surface area contributed by atoms with E-state index in [-0.39, 0.29) is 0 Å². The van der Waals surface area contributed by atoms with E-state index in [1.54, 1.807) is 24.8 Å². The summed E-state index contributed by atoms with van der Waals surface area (Å²) < 4.78 is 6.27. The summed E-state index contributed by atoms with van der Waals surface area (Å²) in [5.74, 6) is 0. The zero-order chi connectivity index (χ0) is 24.9. The first-order chi connectivity index (χ1) is 18.2. The van der Waals surface area contributed by atoms with E-state index in [9.17, 15) is 10.5 Å². The van der Waals surface area contributed by atoms with Gasteiger partial charge in [-0.25, -0.2) is 0 Å². The highest BCUT2D eigenvalue weighted by Crippen LogP contribution is 2.46. The lowest BCUT2D eigenvalue weighted by Gasteiger charge is -2.17. The maximum absolute atomic E-state index is 9.57. The molecule has 4 aromatic carbocycles. The van der Waals surface area contributed by atoms with Gasteiger partial charge in [0.05, 0.1) is 11.1 Å². The number of pyridine rings is 2. The number of aromatic nitrogens is 2. The highest BCUT2D eigenvalue weighted by atomic mass is 16.3. The average Bonchev–Trinajstić information content (AvgIpc) is 3.32. The Morgan fingerprint density at radius 2 is 1.05 bits per heavy atom. The first-order valence-corrected chi connectivity index (χ1v) is 11.8. The third-order valence-electron chi connectivity index (χ3n) is 6.83. The third kappa shape index (κ3) is 3.16. The SMILES string of the molecule is N#Cc1cncc(-c2c3ccccc3c(-c3cncc(C#N)c3)c3cc4c(cc23)oc2ccccc24)c1. The molecule has 0 spiro atoms. The molecule has 0 N–H and O–H groups in total. The predicted molar refractivity (Wildman–Crippen MR) is 145 cm³/mol. The van der Waals surface area contributed by atoms with Gasteiger partial charge in [0.2, 0.25) is 0 Å². The fraction of sp³-hybridized carbons (Fsp3) is 0. The molecule has 0 aliphatic heterocycles. The average molecular weight is 473 g/mol. The Hall–Kier alpha value is -5.52. The smallest absolute Gasteiger partial charge is 0.136 e. The number of rotatable bonds is 2. The van der Waals surface area contributed by atoms with Gasteiger partial charge < -0.3 is 4.42 Å². The molecule has 5 heteroatoms. The maximum Gasteiger partial charge on any atom is 0.136 e. The van der Waals surface area contributed by atoms with E-state index in [1.807, 2.05) is 42.5 Å². The molecule has 0 unspecified atom stereocenters. The molecule has 0 saturated heterocycles. The number of nitriles is 2. The van der Waals surface area contributed by atoms with Crippen molar-refractivity contribution in [1.29, 1.82) is 10.5 Å². The Bertz CT molecular complexity index is 2130. The van der Waals surface area contributed by atoms with Crippen LogP contribution in [-0.2, 0) is 0 Å². The highest BCUT2D eigenvalue weighted by Gasteiger charge is 2.20. The fourth-order valence-corrected chi connectivity index (χ4v) is 5.29. The van der Waals surface area contributed by atoms with Crippen molar-refractivity contribution in [3.05, 3.63) is 109 Å². The minimum Gasteiger partial charge on any atom is -0.456 e. The van der Waals surface area contributed by atoms with Gasteiger partial charge >= 0.3 is 0 Å². The molecule has 0 fully saturated rings. The van der Waals surface area contributed by atoms with Gasteiger partial charge in [0.15, 0.2) is 0 Å². The van der Waals surface area contributed by atoms with Crippen molar-refractivity contribution in [2.75, 3.05) is 0 Å². The van der Waals surface area contributed by atoms with Crippen LogP contribution in [0.25, 0.3) is 65.7 Å². The van der Waals surface area contributed by atoms with Gasteiger partial charge in [0, 0.05) is 46.7 Å². The molecule has 0 amide bonds. The fourth-order valence-electron chi connectivity index (χ4n) is 5.29. The molecule has 170 valence electrons. The van der Waals surface area contributed by atoms with E-state index in [0.29, 0.717) is 11.1 Å². The van der Waals surface area contributed by atoms with Gasteiger partial charge in [-0.2, -0.15) is 10.5 Å². The lowest BCUT2D eigenvalue weighted by atomic mass is 9.85. The lowest BCUT2D eigenvalue weighted by molar-refractivity contribution is 0.669. The second kappa shape index (κ2) is 8.02. The van der Waals surface area contributed by atoms with E-state index in [1.165, 1.54) is 0 Å². The molecular formula is C32H16N4O. The quantitative estimate of drug-likeness (QED) is 0.240. The summed E-state index contributed by atoms with van der Waals surface area (Å²) in [5, 5.41) is 25.2. The van der Waals surface area contributed by atoms with Crippen LogP contribution in [0.5, 0.6) is 0 Å². The Balaban J connectivity index is 1.74. The van der Waals surface area contributed by atoms with Crippen molar-refractivity contribution in [3.63, 3.8) is 0 Å². The van der Waals surface area contributed by atoms with E-state index in [4.69, 9.17) is 4.42 Å². The van der Waals surface area contributed by atoms with E-state index in [2.05, 4.69) is 52.4 Å². The van der Waals surface area contributed by atoms with Crippen molar-refractivity contribution >= 4 is 43.5 Å². The molecule has 3 aromatic heterocycles. The van der Waals surface area contributed by atoms with Gasteiger partial charge in [-0.15, -0.1) is 0 Å². The Kier molecular flexibility index (Phi) is 4.51. The predicted octanol–water partition coefficient (Wildman–Crippen LogP) is 7.76. The number of hydrogen-bond donors (Lipinski definition) is 0. The van der Waals surface area contributed by atoms with Crippen LogP contribution in [0.2, 0.25) is 0 Å². The molecule has 0 radical (unpaired) electrons. The zero-order valence-electron chi connectivity index (χ0n) is 19.4. The highest BCUT2D eigenvalue weighted by molar-refractivity contribution is 6.24. The molecule has 0 atom stereocenters. The minimum absolute atomic E-state index is 0.495. The van der Waals surface area contributed by atoms with E-state index in [0.717, 1.165) is 65.7 Å². The summed E-state index contributed by atoms with van der Waals surface area (Å²) in [5.41, 5.74) is 6.29. The van der Waals surface area contributed by atoms with E-state index >= 15 is 0 Å². The molecule has 0 bridgehead atoms. The van der Waals surface area contributed by atoms with Gasteiger partial charge in [-0.05, 0) is 63.0 Å². The van der Waals surface area contributed by atoms with Crippen LogP contribution in [-0.4, -0.2) is 9.97 Å². The summed E-state index contributed by atoms with van der Waals surface area (Å²) in [6, 6.07) is 28.6. The van der Waals surface area contributed by atoms with Crippen molar-refractivity contribution < 1.29 is 4.42 Å². The molecule has 0 saturated carbocycles. The van der Waals surface area contributed by atoms with Gasteiger partial charge in [-0.3, -0.25) is 9.97 Å². The van der Waals surface area contributed by atoms with Crippen LogP contribution in [0.3, 0.4) is 0 Å².